The van der Waals surface area contributed by atoms with Gasteiger partial charge in [0.25, 0.3) is 0 Å². The topological polar surface area (TPSA) is 55.6 Å². The van der Waals surface area contributed by atoms with E-state index in [1.807, 2.05) is 25.7 Å². The molecule has 5 aliphatic rings. The molecule has 2 aliphatic heterocycles. The van der Waals surface area contributed by atoms with Gasteiger partial charge in [-0.2, -0.15) is 0 Å². The second-order valence-corrected chi connectivity index (χ2v) is 8.53. The highest BCUT2D eigenvalue weighted by Crippen LogP contribution is 2.73. The maximum atomic E-state index is 12.3. The summed E-state index contributed by atoms with van der Waals surface area (Å²) in [5, 5.41) is 0. The van der Waals surface area contributed by atoms with Crippen LogP contribution >= 0.6 is 0 Å². The number of rotatable bonds is 2. The quantitative estimate of drug-likeness (QED) is 0.844. The van der Waals surface area contributed by atoms with E-state index in [1.165, 1.54) is 32.1 Å². The first-order valence-electron chi connectivity index (χ1n) is 8.04. The van der Waals surface area contributed by atoms with Gasteiger partial charge in [-0.05, 0) is 70.1 Å². The highest BCUT2D eigenvalue weighted by Gasteiger charge is 2.74. The van der Waals surface area contributed by atoms with Gasteiger partial charge in [0.2, 0.25) is 0 Å². The lowest BCUT2D eigenvalue weighted by Gasteiger charge is -2.45. The minimum Gasteiger partial charge on any atom is -0.444 e. The van der Waals surface area contributed by atoms with E-state index in [4.69, 9.17) is 10.5 Å². The van der Waals surface area contributed by atoms with Crippen LogP contribution < -0.4 is 5.73 Å². The average molecular weight is 278 g/mol. The third-order valence-electron chi connectivity index (χ3n) is 6.13. The summed E-state index contributed by atoms with van der Waals surface area (Å²) < 4.78 is 5.56. The number of ether oxygens (including phenoxy) is 1. The lowest BCUT2D eigenvalue weighted by Crippen LogP contribution is -2.52. The fourth-order valence-electron chi connectivity index (χ4n) is 4.90. The van der Waals surface area contributed by atoms with Crippen molar-refractivity contribution in [1.82, 2.24) is 4.90 Å². The summed E-state index contributed by atoms with van der Waals surface area (Å²) in [5.74, 6) is 1.33. The molecule has 0 aromatic rings. The van der Waals surface area contributed by atoms with Gasteiger partial charge in [-0.1, -0.05) is 0 Å². The van der Waals surface area contributed by atoms with E-state index in [2.05, 4.69) is 0 Å². The van der Waals surface area contributed by atoms with Crippen LogP contribution in [0.5, 0.6) is 0 Å². The van der Waals surface area contributed by atoms with Gasteiger partial charge in [-0.15, -0.1) is 0 Å². The van der Waals surface area contributed by atoms with Crippen molar-refractivity contribution < 1.29 is 9.53 Å². The molecule has 5 fully saturated rings. The molecule has 2 bridgehead atoms. The SMILES string of the molecule is CC(C)(C)OC(=O)N1C[C@@H]2C[C@H]1C2C1(C2(N)CC2)CC1. The molecule has 2 saturated heterocycles. The highest BCUT2D eigenvalue weighted by molar-refractivity contribution is 5.70. The third kappa shape index (κ3) is 1.60. The molecule has 0 spiro atoms. The Balaban J connectivity index is 1.48. The smallest absolute Gasteiger partial charge is 0.410 e. The summed E-state index contributed by atoms with van der Waals surface area (Å²) in [5.41, 5.74) is 6.62. The summed E-state index contributed by atoms with van der Waals surface area (Å²) in [7, 11) is 0. The summed E-state index contributed by atoms with van der Waals surface area (Å²) >= 11 is 0. The zero-order chi connectivity index (χ0) is 14.3. The van der Waals surface area contributed by atoms with Gasteiger partial charge in [0, 0.05) is 18.1 Å². The Morgan fingerprint density at radius 3 is 2.40 bits per heavy atom. The number of hydrogen-bond donors (Lipinski definition) is 1. The molecule has 4 heteroatoms. The zero-order valence-corrected chi connectivity index (χ0v) is 12.8. The Morgan fingerprint density at radius 2 is 1.90 bits per heavy atom. The van der Waals surface area contributed by atoms with E-state index in [9.17, 15) is 4.79 Å². The molecule has 3 atom stereocenters. The van der Waals surface area contributed by atoms with E-state index in [0.29, 0.717) is 23.3 Å². The van der Waals surface area contributed by atoms with Gasteiger partial charge in [0.1, 0.15) is 5.60 Å². The van der Waals surface area contributed by atoms with Gasteiger partial charge in [0.15, 0.2) is 0 Å². The van der Waals surface area contributed by atoms with Gasteiger partial charge in [-0.3, -0.25) is 0 Å². The van der Waals surface area contributed by atoms with Crippen LogP contribution in [0.1, 0.15) is 52.9 Å². The average Bonchev–Trinajstić information content (AvgIpc) is 3.16. The lowest BCUT2D eigenvalue weighted by molar-refractivity contribution is 0.00973. The number of nitrogens with two attached hydrogens (primary N) is 1. The molecule has 0 aromatic heterocycles. The summed E-state index contributed by atoms with van der Waals surface area (Å²) in [6, 6.07) is 0.401. The second kappa shape index (κ2) is 3.52. The van der Waals surface area contributed by atoms with Crippen LogP contribution in [-0.4, -0.2) is 34.7 Å². The standard InChI is InChI=1S/C16H26N2O2/c1-14(2,3)20-13(19)18-9-10-8-11(18)12(10)15(4-5-15)16(17)6-7-16/h10-12H,4-9,17H2,1-3H3/t10-,11-,12?/m0/s1. The summed E-state index contributed by atoms with van der Waals surface area (Å²) in [6.07, 6.45) is 5.99. The molecule has 5 rings (SSSR count). The zero-order valence-electron chi connectivity index (χ0n) is 12.8. The van der Waals surface area contributed by atoms with Crippen molar-refractivity contribution in [3.63, 3.8) is 0 Å². The maximum absolute atomic E-state index is 12.3. The molecule has 3 aliphatic carbocycles. The predicted molar refractivity (Wildman–Crippen MR) is 76.1 cm³/mol. The molecule has 2 heterocycles. The Hall–Kier alpha value is -0.770. The van der Waals surface area contributed by atoms with Gasteiger partial charge >= 0.3 is 6.09 Å². The van der Waals surface area contributed by atoms with E-state index >= 15 is 0 Å². The lowest BCUT2D eigenvalue weighted by atomic mass is 9.62. The molecule has 0 radical (unpaired) electrons. The largest absolute Gasteiger partial charge is 0.444 e. The van der Waals surface area contributed by atoms with Crippen molar-refractivity contribution in [3.8, 4) is 0 Å². The van der Waals surface area contributed by atoms with E-state index in [0.717, 1.165) is 6.54 Å². The van der Waals surface area contributed by atoms with Crippen LogP contribution in [0.3, 0.4) is 0 Å². The van der Waals surface area contributed by atoms with Crippen molar-refractivity contribution in [2.75, 3.05) is 6.54 Å². The normalized spacial score (nSPS) is 39.2. The number of carbonyl (C=O) groups excluding carboxylic acids is 1. The van der Waals surface area contributed by atoms with E-state index in [1.54, 1.807) is 0 Å². The number of carbonyl (C=O) groups is 1. The molecule has 2 N–H and O–H groups in total. The van der Waals surface area contributed by atoms with Crippen molar-refractivity contribution >= 4 is 6.09 Å². The Labute approximate surface area is 121 Å². The van der Waals surface area contributed by atoms with E-state index < -0.39 is 5.60 Å². The summed E-state index contributed by atoms with van der Waals surface area (Å²) in [6.45, 7) is 6.70. The molecule has 4 nitrogen and oxygen atoms in total. The van der Waals surface area contributed by atoms with Crippen molar-refractivity contribution in [1.29, 1.82) is 0 Å². The minimum atomic E-state index is -0.400. The molecular weight excluding hydrogens is 252 g/mol. The minimum absolute atomic E-state index is 0.110. The maximum Gasteiger partial charge on any atom is 0.410 e. The number of hydrogen-bond acceptors (Lipinski definition) is 3. The Bertz CT molecular complexity index is 460. The molecule has 1 unspecified atom stereocenters. The van der Waals surface area contributed by atoms with Crippen LogP contribution in [0.2, 0.25) is 0 Å². The van der Waals surface area contributed by atoms with Crippen LogP contribution in [0.4, 0.5) is 4.79 Å². The molecule has 3 saturated carbocycles. The van der Waals surface area contributed by atoms with Crippen molar-refractivity contribution in [2.24, 2.45) is 23.0 Å². The van der Waals surface area contributed by atoms with Crippen molar-refractivity contribution in [3.05, 3.63) is 0 Å². The molecular formula is C16H26N2O2. The number of fused-ring (bicyclic) bond motifs is 1. The fraction of sp³-hybridized carbons (Fsp3) is 0.938. The molecule has 20 heavy (non-hydrogen) atoms. The van der Waals surface area contributed by atoms with Crippen molar-refractivity contribution in [2.45, 2.75) is 70.1 Å². The van der Waals surface area contributed by atoms with Crippen LogP contribution in [0, 0.1) is 17.3 Å². The molecule has 1 amide bonds. The predicted octanol–water partition coefficient (Wildman–Crippen LogP) is 2.51. The molecule has 112 valence electrons. The number of amides is 1. The van der Waals surface area contributed by atoms with Crippen LogP contribution in [0.25, 0.3) is 0 Å². The highest BCUT2D eigenvalue weighted by atomic mass is 16.6. The van der Waals surface area contributed by atoms with Gasteiger partial charge in [0.05, 0.1) is 0 Å². The Morgan fingerprint density at radius 1 is 1.25 bits per heavy atom. The monoisotopic (exact) mass is 278 g/mol. The van der Waals surface area contributed by atoms with Gasteiger partial charge < -0.3 is 15.4 Å². The molecule has 0 aromatic carbocycles. The third-order valence-corrected chi connectivity index (χ3v) is 6.13. The summed E-state index contributed by atoms with van der Waals surface area (Å²) in [4.78, 5) is 14.3. The van der Waals surface area contributed by atoms with Crippen LogP contribution in [-0.2, 0) is 4.74 Å². The Kier molecular flexibility index (Phi) is 2.27. The van der Waals surface area contributed by atoms with Gasteiger partial charge in [-0.25, -0.2) is 4.79 Å². The number of nitrogens with zero attached hydrogens (tertiary/aromatic N) is 1. The van der Waals surface area contributed by atoms with E-state index in [-0.39, 0.29) is 11.6 Å². The van der Waals surface area contributed by atoms with Crippen LogP contribution in [0.15, 0.2) is 0 Å². The fourth-order valence-corrected chi connectivity index (χ4v) is 4.90. The first-order valence-corrected chi connectivity index (χ1v) is 8.04. The first-order chi connectivity index (χ1) is 9.26. The second-order valence-electron chi connectivity index (χ2n) is 8.53. The first kappa shape index (κ1) is 12.9.